The minimum atomic E-state index is -4.98. The minimum absolute atomic E-state index is 0.187. The Balaban J connectivity index is 2.26. The first-order chi connectivity index (χ1) is 9.81. The lowest BCUT2D eigenvalue weighted by molar-refractivity contribution is -0.167. The topological polar surface area (TPSA) is 68.3 Å². The number of anilines is 1. The van der Waals surface area contributed by atoms with Crippen LogP contribution in [0.25, 0.3) is 10.2 Å². The number of fused-ring (bicyclic) bond motifs is 1. The third kappa shape index (κ3) is 3.48. The first kappa shape index (κ1) is 15.2. The second-order valence-corrected chi connectivity index (χ2v) is 4.90. The summed E-state index contributed by atoms with van der Waals surface area (Å²) in [5.41, 5.74) is 0.646. The van der Waals surface area contributed by atoms with Crippen LogP contribution in [0.15, 0.2) is 18.2 Å². The molecule has 5 nitrogen and oxygen atoms in total. The Morgan fingerprint density at radius 3 is 2.71 bits per heavy atom. The number of carbonyl (C=O) groups excluding carboxylic acids is 2. The van der Waals surface area contributed by atoms with Crippen molar-refractivity contribution in [2.75, 3.05) is 11.9 Å². The number of thiazole rings is 1. The zero-order valence-corrected chi connectivity index (χ0v) is 11.5. The van der Waals surface area contributed by atoms with Crippen LogP contribution in [0.2, 0.25) is 0 Å². The number of halogens is 3. The van der Waals surface area contributed by atoms with E-state index >= 15 is 0 Å². The predicted molar refractivity (Wildman–Crippen MR) is 70.3 cm³/mol. The van der Waals surface area contributed by atoms with E-state index in [4.69, 9.17) is 4.74 Å². The molecule has 0 radical (unpaired) electrons. The van der Waals surface area contributed by atoms with E-state index in [0.29, 0.717) is 10.2 Å². The molecular formula is C12H9F3N2O3S. The van der Waals surface area contributed by atoms with E-state index in [1.807, 2.05) is 0 Å². The van der Waals surface area contributed by atoms with Crippen LogP contribution in [-0.4, -0.2) is 29.6 Å². The van der Waals surface area contributed by atoms with Crippen LogP contribution in [0.3, 0.4) is 0 Å². The summed E-state index contributed by atoms with van der Waals surface area (Å²) in [5, 5.41) is 1.49. The molecule has 0 spiro atoms. The first-order valence-electron chi connectivity index (χ1n) is 5.77. The first-order valence-corrected chi connectivity index (χ1v) is 6.59. The van der Waals surface area contributed by atoms with Gasteiger partial charge < -0.3 is 4.74 Å². The summed E-state index contributed by atoms with van der Waals surface area (Å²) in [5.74, 6) is -2.62. The monoisotopic (exact) mass is 318 g/mol. The molecule has 2 rings (SSSR count). The summed E-state index contributed by atoms with van der Waals surface area (Å²) < 4.78 is 41.7. The van der Waals surface area contributed by atoms with Crippen LogP contribution in [0.1, 0.15) is 17.3 Å². The molecule has 0 aliphatic heterocycles. The maximum atomic E-state index is 12.1. The lowest BCUT2D eigenvalue weighted by atomic mass is 10.2. The second-order valence-electron chi connectivity index (χ2n) is 3.87. The number of ether oxygens (including phenoxy) is 1. The van der Waals surface area contributed by atoms with Crippen molar-refractivity contribution in [2.24, 2.45) is 0 Å². The van der Waals surface area contributed by atoms with E-state index in [1.54, 1.807) is 12.2 Å². The number of rotatable bonds is 3. The Hall–Kier alpha value is -2.16. The van der Waals surface area contributed by atoms with Crippen molar-refractivity contribution >= 4 is 38.6 Å². The van der Waals surface area contributed by atoms with E-state index < -0.39 is 18.1 Å². The van der Waals surface area contributed by atoms with Gasteiger partial charge in [0.25, 0.3) is 0 Å². The highest BCUT2D eigenvalue weighted by molar-refractivity contribution is 7.22. The van der Waals surface area contributed by atoms with Gasteiger partial charge in [-0.05, 0) is 25.1 Å². The van der Waals surface area contributed by atoms with Gasteiger partial charge in [0.15, 0.2) is 5.13 Å². The largest absolute Gasteiger partial charge is 0.471 e. The predicted octanol–water partition coefficient (Wildman–Crippen LogP) is 2.97. The van der Waals surface area contributed by atoms with Crippen LogP contribution >= 0.6 is 11.3 Å². The van der Waals surface area contributed by atoms with E-state index in [1.165, 1.54) is 18.2 Å². The SMILES string of the molecule is CCOC(=O)c1ccc2nc(NC(=O)C(F)(F)F)sc2c1. The summed E-state index contributed by atoms with van der Waals surface area (Å²) in [7, 11) is 0. The number of benzene rings is 1. The standard InChI is InChI=1S/C12H9F3N2O3S/c1-2-20-9(18)6-3-4-7-8(5-6)21-11(16-7)17-10(19)12(13,14)15/h3-5H,2H2,1H3,(H,16,17,19). The third-order valence-corrected chi connectivity index (χ3v) is 3.31. The number of aromatic nitrogens is 1. The molecule has 0 bridgehead atoms. The number of carbonyl (C=O) groups is 2. The molecule has 1 amide bonds. The Bertz CT molecular complexity index is 697. The molecule has 2 aromatic rings. The Morgan fingerprint density at radius 1 is 1.38 bits per heavy atom. The average molecular weight is 318 g/mol. The highest BCUT2D eigenvalue weighted by atomic mass is 32.1. The van der Waals surface area contributed by atoms with Gasteiger partial charge in [-0.25, -0.2) is 9.78 Å². The Kier molecular flexibility index (Phi) is 4.12. The van der Waals surface area contributed by atoms with Crippen LogP contribution in [-0.2, 0) is 9.53 Å². The van der Waals surface area contributed by atoms with Gasteiger partial charge in [0.05, 0.1) is 22.4 Å². The van der Waals surface area contributed by atoms with E-state index in [9.17, 15) is 22.8 Å². The summed E-state index contributed by atoms with van der Waals surface area (Å²) in [6.07, 6.45) is -4.98. The molecule has 1 N–H and O–H groups in total. The lowest BCUT2D eigenvalue weighted by Gasteiger charge is -2.03. The summed E-state index contributed by atoms with van der Waals surface area (Å²) in [6, 6.07) is 4.38. The number of nitrogens with zero attached hydrogens (tertiary/aromatic N) is 1. The third-order valence-electron chi connectivity index (χ3n) is 2.38. The maximum Gasteiger partial charge on any atom is 0.471 e. The molecule has 0 saturated carbocycles. The zero-order valence-electron chi connectivity index (χ0n) is 10.7. The number of nitrogens with one attached hydrogen (secondary N) is 1. The molecule has 0 unspecified atom stereocenters. The van der Waals surface area contributed by atoms with Crippen molar-refractivity contribution in [1.29, 1.82) is 0 Å². The fourth-order valence-electron chi connectivity index (χ4n) is 1.49. The fraction of sp³-hybridized carbons (Fsp3) is 0.250. The molecule has 112 valence electrons. The molecule has 1 aromatic heterocycles. The number of esters is 1. The van der Waals surface area contributed by atoms with Gasteiger partial charge in [-0.2, -0.15) is 13.2 Å². The quantitative estimate of drug-likeness (QED) is 0.884. The van der Waals surface area contributed by atoms with E-state index in [2.05, 4.69) is 4.98 Å². The minimum Gasteiger partial charge on any atom is -0.462 e. The number of amides is 1. The van der Waals surface area contributed by atoms with Crippen LogP contribution in [0.5, 0.6) is 0 Å². The van der Waals surface area contributed by atoms with Gasteiger partial charge in [0, 0.05) is 0 Å². The van der Waals surface area contributed by atoms with Crippen molar-refractivity contribution < 1.29 is 27.5 Å². The second kappa shape index (κ2) is 5.68. The molecule has 1 aromatic carbocycles. The van der Waals surface area contributed by atoms with Crippen molar-refractivity contribution in [3.05, 3.63) is 23.8 Å². The van der Waals surface area contributed by atoms with Crippen molar-refractivity contribution in [3.63, 3.8) is 0 Å². The molecule has 0 atom stereocenters. The van der Waals surface area contributed by atoms with Crippen molar-refractivity contribution in [2.45, 2.75) is 13.1 Å². The van der Waals surface area contributed by atoms with Gasteiger partial charge >= 0.3 is 18.1 Å². The molecule has 0 aliphatic carbocycles. The van der Waals surface area contributed by atoms with Crippen LogP contribution < -0.4 is 5.32 Å². The number of alkyl halides is 3. The van der Waals surface area contributed by atoms with Gasteiger partial charge in [-0.3, -0.25) is 10.1 Å². The normalized spacial score (nSPS) is 11.4. The highest BCUT2D eigenvalue weighted by Gasteiger charge is 2.39. The molecule has 0 aliphatic rings. The highest BCUT2D eigenvalue weighted by Crippen LogP contribution is 2.28. The zero-order chi connectivity index (χ0) is 15.6. The van der Waals surface area contributed by atoms with E-state index in [-0.39, 0.29) is 17.3 Å². The Labute approximate surface area is 120 Å². The number of hydrogen-bond acceptors (Lipinski definition) is 5. The summed E-state index contributed by atoms with van der Waals surface area (Å²) in [6.45, 7) is 1.88. The van der Waals surface area contributed by atoms with E-state index in [0.717, 1.165) is 11.3 Å². The van der Waals surface area contributed by atoms with Gasteiger partial charge in [0.1, 0.15) is 0 Å². The van der Waals surface area contributed by atoms with Crippen molar-refractivity contribution in [1.82, 2.24) is 4.98 Å². The van der Waals surface area contributed by atoms with Crippen molar-refractivity contribution in [3.8, 4) is 0 Å². The van der Waals surface area contributed by atoms with Crippen LogP contribution in [0, 0.1) is 0 Å². The average Bonchev–Trinajstić information content (AvgIpc) is 2.78. The van der Waals surface area contributed by atoms with Crippen LogP contribution in [0.4, 0.5) is 18.3 Å². The summed E-state index contributed by atoms with van der Waals surface area (Å²) >= 11 is 0.841. The molecule has 9 heteroatoms. The van der Waals surface area contributed by atoms with Gasteiger partial charge in [-0.15, -0.1) is 0 Å². The fourth-order valence-corrected chi connectivity index (χ4v) is 2.39. The van der Waals surface area contributed by atoms with Gasteiger partial charge in [0.2, 0.25) is 0 Å². The molecule has 21 heavy (non-hydrogen) atoms. The number of hydrogen-bond donors (Lipinski definition) is 1. The molecule has 0 fully saturated rings. The molecule has 1 heterocycles. The molecular weight excluding hydrogens is 309 g/mol. The van der Waals surface area contributed by atoms with Gasteiger partial charge in [-0.1, -0.05) is 11.3 Å². The maximum absolute atomic E-state index is 12.1. The molecule has 0 saturated heterocycles. The smallest absolute Gasteiger partial charge is 0.462 e. The lowest BCUT2D eigenvalue weighted by Crippen LogP contribution is -2.29. The summed E-state index contributed by atoms with van der Waals surface area (Å²) in [4.78, 5) is 26.2. The Morgan fingerprint density at radius 2 is 2.10 bits per heavy atom.